The maximum atomic E-state index is 9.39. The van der Waals surface area contributed by atoms with Crippen molar-refractivity contribution in [3.05, 3.63) is 18.5 Å². The number of hydrogen-bond acceptors (Lipinski definition) is 3. The molecule has 1 fully saturated rings. The van der Waals surface area contributed by atoms with Crippen LogP contribution < -0.4 is 0 Å². The molecule has 0 bridgehead atoms. The Morgan fingerprint density at radius 3 is 2.93 bits per heavy atom. The van der Waals surface area contributed by atoms with Crippen LogP contribution in [0.25, 0.3) is 0 Å². The molecule has 14 heavy (non-hydrogen) atoms. The normalized spacial score (nSPS) is 16.7. The molecule has 2 rings (SSSR count). The van der Waals surface area contributed by atoms with Crippen LogP contribution in [0, 0.1) is 0 Å². The van der Waals surface area contributed by atoms with Crippen molar-refractivity contribution in [1.29, 1.82) is 0 Å². The quantitative estimate of drug-likeness (QED) is 0.570. The van der Waals surface area contributed by atoms with Gasteiger partial charge in [0.25, 0.3) is 0 Å². The summed E-state index contributed by atoms with van der Waals surface area (Å²) >= 11 is 0. The van der Waals surface area contributed by atoms with Gasteiger partial charge in [0.15, 0.2) is 5.75 Å². The number of likely N-dealkylation sites (tertiary alicyclic amines) is 1. The summed E-state index contributed by atoms with van der Waals surface area (Å²) in [6.45, 7) is 2.13. The van der Waals surface area contributed by atoms with Gasteiger partial charge in [-0.15, -0.1) is 0 Å². The fourth-order valence-corrected chi connectivity index (χ4v) is 1.49. The van der Waals surface area contributed by atoms with Crippen molar-refractivity contribution >= 4 is 12.0 Å². The summed E-state index contributed by atoms with van der Waals surface area (Å²) in [4.78, 5) is 10.1. The fraction of sp³-hybridized carbons (Fsp3) is 0.400. The van der Waals surface area contributed by atoms with Gasteiger partial charge in [-0.25, -0.2) is 4.99 Å². The number of aliphatic imine (C=N–C) groups is 1. The Morgan fingerprint density at radius 1 is 1.43 bits per heavy atom. The molecule has 4 nitrogen and oxygen atoms in total. The van der Waals surface area contributed by atoms with Crippen molar-refractivity contribution in [2.24, 2.45) is 4.99 Å². The SMILES string of the molecule is Oc1cnccc1N=CN1CCCC1. The first-order chi connectivity index (χ1) is 6.86. The molecule has 0 atom stereocenters. The monoisotopic (exact) mass is 191 g/mol. The highest BCUT2D eigenvalue weighted by Gasteiger charge is 2.07. The van der Waals surface area contributed by atoms with Crippen molar-refractivity contribution in [2.45, 2.75) is 12.8 Å². The van der Waals surface area contributed by atoms with Gasteiger partial charge in [0.2, 0.25) is 0 Å². The van der Waals surface area contributed by atoms with E-state index in [1.54, 1.807) is 18.6 Å². The van der Waals surface area contributed by atoms with Gasteiger partial charge in [0.1, 0.15) is 5.69 Å². The first-order valence-corrected chi connectivity index (χ1v) is 4.77. The standard InChI is InChI=1S/C10H13N3O/c14-10-7-11-4-3-9(10)12-8-13-5-1-2-6-13/h3-4,7-8,14H,1-2,5-6H2. The molecule has 0 unspecified atom stereocenters. The van der Waals surface area contributed by atoms with Crippen molar-refractivity contribution in [1.82, 2.24) is 9.88 Å². The Morgan fingerprint density at radius 2 is 2.21 bits per heavy atom. The summed E-state index contributed by atoms with van der Waals surface area (Å²) < 4.78 is 0. The minimum Gasteiger partial charge on any atom is -0.504 e. The fourth-order valence-electron chi connectivity index (χ4n) is 1.49. The molecule has 0 aliphatic carbocycles. The topological polar surface area (TPSA) is 48.7 Å². The van der Waals surface area contributed by atoms with E-state index in [9.17, 15) is 5.11 Å². The highest BCUT2D eigenvalue weighted by Crippen LogP contribution is 2.23. The summed E-state index contributed by atoms with van der Waals surface area (Å²) in [5.74, 6) is 0.128. The van der Waals surface area contributed by atoms with Crippen LogP contribution in [0.3, 0.4) is 0 Å². The lowest BCUT2D eigenvalue weighted by atomic mass is 10.4. The van der Waals surface area contributed by atoms with Crippen molar-refractivity contribution in [3.63, 3.8) is 0 Å². The largest absolute Gasteiger partial charge is 0.504 e. The molecule has 1 saturated heterocycles. The van der Waals surface area contributed by atoms with Gasteiger partial charge in [-0.05, 0) is 18.9 Å². The van der Waals surface area contributed by atoms with Gasteiger partial charge >= 0.3 is 0 Å². The molecule has 1 N–H and O–H groups in total. The van der Waals surface area contributed by atoms with E-state index in [1.165, 1.54) is 19.0 Å². The van der Waals surface area contributed by atoms with Gasteiger partial charge in [-0.3, -0.25) is 4.98 Å². The molecule has 0 spiro atoms. The van der Waals surface area contributed by atoms with E-state index in [0.717, 1.165) is 13.1 Å². The Labute approximate surface area is 82.9 Å². The van der Waals surface area contributed by atoms with Crippen LogP contribution in [0.1, 0.15) is 12.8 Å². The molecule has 0 aromatic carbocycles. The minimum atomic E-state index is 0.128. The second-order valence-electron chi connectivity index (χ2n) is 3.35. The zero-order valence-electron chi connectivity index (χ0n) is 7.93. The molecule has 0 radical (unpaired) electrons. The Kier molecular flexibility index (Phi) is 2.62. The second kappa shape index (κ2) is 4.09. The number of aromatic hydroxyl groups is 1. The number of aromatic nitrogens is 1. The molecule has 4 heteroatoms. The number of nitrogens with zero attached hydrogens (tertiary/aromatic N) is 3. The van der Waals surface area contributed by atoms with Crippen LogP contribution in [0.4, 0.5) is 5.69 Å². The smallest absolute Gasteiger partial charge is 0.159 e. The lowest BCUT2D eigenvalue weighted by Crippen LogP contribution is -2.15. The highest BCUT2D eigenvalue weighted by molar-refractivity contribution is 5.64. The molecule has 1 aliphatic heterocycles. The van der Waals surface area contributed by atoms with Crippen LogP contribution in [-0.4, -0.2) is 34.4 Å². The van der Waals surface area contributed by atoms with E-state index in [0.29, 0.717) is 5.69 Å². The van der Waals surface area contributed by atoms with Crippen LogP contribution >= 0.6 is 0 Å². The molecule has 1 aromatic rings. The van der Waals surface area contributed by atoms with Crippen LogP contribution in [-0.2, 0) is 0 Å². The lowest BCUT2D eigenvalue weighted by molar-refractivity contribution is 0.473. The van der Waals surface area contributed by atoms with Gasteiger partial charge in [0, 0.05) is 19.3 Å². The van der Waals surface area contributed by atoms with E-state index in [1.807, 2.05) is 0 Å². The molecule has 0 saturated carbocycles. The predicted octanol–water partition coefficient (Wildman–Crippen LogP) is 1.54. The zero-order chi connectivity index (χ0) is 9.80. The van der Waals surface area contributed by atoms with Crippen LogP contribution in [0.5, 0.6) is 5.75 Å². The zero-order valence-corrected chi connectivity index (χ0v) is 7.93. The van der Waals surface area contributed by atoms with Crippen molar-refractivity contribution in [2.75, 3.05) is 13.1 Å². The predicted molar refractivity (Wildman–Crippen MR) is 54.9 cm³/mol. The third kappa shape index (κ3) is 2.02. The minimum absolute atomic E-state index is 0.128. The Balaban J connectivity index is 2.06. The van der Waals surface area contributed by atoms with Gasteiger partial charge in [-0.1, -0.05) is 0 Å². The first kappa shape index (κ1) is 8.99. The van der Waals surface area contributed by atoms with E-state index >= 15 is 0 Å². The van der Waals surface area contributed by atoms with E-state index < -0.39 is 0 Å². The summed E-state index contributed by atoms with van der Waals surface area (Å²) in [7, 11) is 0. The third-order valence-corrected chi connectivity index (χ3v) is 2.28. The van der Waals surface area contributed by atoms with Crippen LogP contribution in [0.15, 0.2) is 23.5 Å². The average molecular weight is 191 g/mol. The maximum Gasteiger partial charge on any atom is 0.159 e. The van der Waals surface area contributed by atoms with Crippen molar-refractivity contribution in [3.8, 4) is 5.75 Å². The lowest BCUT2D eigenvalue weighted by Gasteiger charge is -2.08. The summed E-state index contributed by atoms with van der Waals surface area (Å²) in [6.07, 6.45) is 7.28. The number of pyridine rings is 1. The molecular formula is C10H13N3O. The van der Waals surface area contributed by atoms with Crippen LogP contribution in [0.2, 0.25) is 0 Å². The summed E-state index contributed by atoms with van der Waals surface area (Å²) in [6, 6.07) is 1.70. The molecule has 74 valence electrons. The van der Waals surface area contributed by atoms with Gasteiger partial charge in [0.05, 0.1) is 12.5 Å². The van der Waals surface area contributed by atoms with E-state index in [-0.39, 0.29) is 5.75 Å². The molecular weight excluding hydrogens is 178 g/mol. The summed E-state index contributed by atoms with van der Waals surface area (Å²) in [5.41, 5.74) is 0.576. The molecule has 0 amide bonds. The summed E-state index contributed by atoms with van der Waals surface area (Å²) in [5, 5.41) is 9.39. The third-order valence-electron chi connectivity index (χ3n) is 2.28. The van der Waals surface area contributed by atoms with Gasteiger partial charge < -0.3 is 10.0 Å². The highest BCUT2D eigenvalue weighted by atomic mass is 16.3. The molecule has 1 aliphatic rings. The second-order valence-corrected chi connectivity index (χ2v) is 3.35. The molecule has 2 heterocycles. The maximum absolute atomic E-state index is 9.39. The number of rotatable bonds is 2. The average Bonchev–Trinajstić information content (AvgIpc) is 2.69. The first-order valence-electron chi connectivity index (χ1n) is 4.77. The van der Waals surface area contributed by atoms with E-state index in [2.05, 4.69) is 14.9 Å². The van der Waals surface area contributed by atoms with Crippen molar-refractivity contribution < 1.29 is 5.11 Å². The number of hydrogen-bond donors (Lipinski definition) is 1. The van der Waals surface area contributed by atoms with E-state index in [4.69, 9.17) is 0 Å². The Bertz CT molecular complexity index is 332. The van der Waals surface area contributed by atoms with Gasteiger partial charge in [-0.2, -0.15) is 0 Å². The Hall–Kier alpha value is -1.58. The molecule has 1 aromatic heterocycles.